The Morgan fingerprint density at radius 2 is 1.86 bits per heavy atom. The van der Waals surface area contributed by atoms with Gasteiger partial charge in [0.05, 0.1) is 5.52 Å². The van der Waals surface area contributed by atoms with Crippen LogP contribution in [0.15, 0.2) is 29.1 Å². The van der Waals surface area contributed by atoms with Crippen molar-refractivity contribution in [2.24, 2.45) is 13.0 Å². The zero-order valence-electron chi connectivity index (χ0n) is 12.1. The third-order valence-electron chi connectivity index (χ3n) is 4.50. The van der Waals surface area contributed by atoms with Crippen molar-refractivity contribution in [1.29, 1.82) is 0 Å². The molecule has 0 radical (unpaired) electrons. The second-order valence-electron chi connectivity index (χ2n) is 5.80. The average Bonchev–Trinajstić information content (AvgIpc) is 2.53. The highest BCUT2D eigenvalue weighted by Crippen LogP contribution is 2.31. The predicted octanol–water partition coefficient (Wildman–Crippen LogP) is 3.01. The second kappa shape index (κ2) is 5.35. The number of benzene rings is 1. The van der Waals surface area contributed by atoms with Gasteiger partial charge < -0.3 is 9.67 Å². The molecule has 1 aliphatic carbocycles. The number of aryl methyl sites for hydroxylation is 1. The first-order valence-electron chi connectivity index (χ1n) is 7.46. The van der Waals surface area contributed by atoms with Gasteiger partial charge in [-0.15, -0.1) is 0 Å². The van der Waals surface area contributed by atoms with Crippen molar-refractivity contribution in [2.75, 3.05) is 0 Å². The lowest BCUT2D eigenvalue weighted by Gasteiger charge is -2.21. The zero-order chi connectivity index (χ0) is 15.0. The van der Waals surface area contributed by atoms with Crippen LogP contribution in [-0.2, 0) is 7.05 Å². The quantitative estimate of drug-likeness (QED) is 0.863. The lowest BCUT2D eigenvalue weighted by Crippen LogP contribution is -2.29. The van der Waals surface area contributed by atoms with Crippen LogP contribution in [0, 0.1) is 5.92 Å². The van der Waals surface area contributed by atoms with Crippen LogP contribution in [0.2, 0.25) is 0 Å². The number of rotatable bonds is 2. The number of aromatic nitrogens is 1. The van der Waals surface area contributed by atoms with Crippen LogP contribution >= 0.6 is 0 Å². The number of pyridine rings is 1. The summed E-state index contributed by atoms with van der Waals surface area (Å²) in [6.07, 6.45) is 4.81. The first-order valence-corrected chi connectivity index (χ1v) is 7.46. The van der Waals surface area contributed by atoms with E-state index in [2.05, 4.69) is 0 Å². The molecule has 1 heterocycles. The molecule has 4 nitrogen and oxygen atoms in total. The van der Waals surface area contributed by atoms with Gasteiger partial charge in [-0.05, 0) is 25.0 Å². The van der Waals surface area contributed by atoms with Crippen molar-refractivity contribution in [1.82, 2.24) is 4.57 Å². The van der Waals surface area contributed by atoms with Crippen molar-refractivity contribution in [3.8, 4) is 5.75 Å². The van der Waals surface area contributed by atoms with Crippen LogP contribution in [0.3, 0.4) is 0 Å². The fraction of sp³-hybridized carbons (Fsp3) is 0.412. The number of hydrogen-bond donors (Lipinski definition) is 1. The molecule has 0 spiro atoms. The summed E-state index contributed by atoms with van der Waals surface area (Å²) in [5.41, 5.74) is 0.199. The summed E-state index contributed by atoms with van der Waals surface area (Å²) >= 11 is 0. The Morgan fingerprint density at radius 1 is 1.19 bits per heavy atom. The van der Waals surface area contributed by atoms with Crippen LogP contribution < -0.4 is 5.56 Å². The average molecular weight is 285 g/mol. The van der Waals surface area contributed by atoms with E-state index in [1.165, 1.54) is 4.57 Å². The molecule has 1 fully saturated rings. The monoisotopic (exact) mass is 285 g/mol. The van der Waals surface area contributed by atoms with E-state index in [-0.39, 0.29) is 23.0 Å². The van der Waals surface area contributed by atoms with Crippen LogP contribution in [0.4, 0.5) is 0 Å². The molecule has 1 N–H and O–H groups in total. The van der Waals surface area contributed by atoms with Gasteiger partial charge in [-0.1, -0.05) is 31.4 Å². The molecule has 2 aromatic rings. The maximum Gasteiger partial charge on any atom is 0.265 e. The summed E-state index contributed by atoms with van der Waals surface area (Å²) < 4.78 is 1.45. The van der Waals surface area contributed by atoms with Gasteiger partial charge in [-0.2, -0.15) is 0 Å². The fourth-order valence-corrected chi connectivity index (χ4v) is 3.27. The van der Waals surface area contributed by atoms with E-state index < -0.39 is 5.56 Å². The Balaban J connectivity index is 2.18. The molecule has 110 valence electrons. The number of Topliss-reactive ketones (excluding diaryl/α,β-unsaturated/α-hetero) is 1. The molecule has 21 heavy (non-hydrogen) atoms. The highest BCUT2D eigenvalue weighted by molar-refractivity contribution is 6.04. The Hall–Kier alpha value is -2.10. The first-order chi connectivity index (χ1) is 10.1. The smallest absolute Gasteiger partial charge is 0.265 e. The number of ketones is 1. The van der Waals surface area contributed by atoms with Crippen molar-refractivity contribution >= 4 is 16.7 Å². The third kappa shape index (κ3) is 2.24. The van der Waals surface area contributed by atoms with Crippen LogP contribution in [0.25, 0.3) is 10.9 Å². The number of carbonyl (C=O) groups excluding carboxylic acids is 1. The highest BCUT2D eigenvalue weighted by Gasteiger charge is 2.28. The third-order valence-corrected chi connectivity index (χ3v) is 4.50. The van der Waals surface area contributed by atoms with Gasteiger partial charge in [0.1, 0.15) is 11.3 Å². The summed E-state index contributed by atoms with van der Waals surface area (Å²) in [7, 11) is 1.64. The maximum absolute atomic E-state index is 12.7. The van der Waals surface area contributed by atoms with E-state index >= 15 is 0 Å². The lowest BCUT2D eigenvalue weighted by atomic mass is 9.83. The van der Waals surface area contributed by atoms with Gasteiger partial charge >= 0.3 is 0 Å². The molecule has 0 atom stereocenters. The number of hydrogen-bond acceptors (Lipinski definition) is 3. The van der Waals surface area contributed by atoms with Gasteiger partial charge in [0.2, 0.25) is 0 Å². The van der Waals surface area contributed by atoms with Gasteiger partial charge in [0, 0.05) is 18.4 Å². The van der Waals surface area contributed by atoms with E-state index in [0.29, 0.717) is 10.9 Å². The van der Waals surface area contributed by atoms with E-state index in [4.69, 9.17) is 0 Å². The lowest BCUT2D eigenvalue weighted by molar-refractivity contribution is 0.0885. The Morgan fingerprint density at radius 3 is 2.57 bits per heavy atom. The largest absolute Gasteiger partial charge is 0.506 e. The summed E-state index contributed by atoms with van der Waals surface area (Å²) in [6, 6.07) is 7.11. The summed E-state index contributed by atoms with van der Waals surface area (Å²) in [5, 5.41) is 11.0. The Labute approximate surface area is 123 Å². The molecular weight excluding hydrogens is 266 g/mol. The SMILES string of the molecule is Cn1c(=O)c(C(=O)C2CCCCC2)c(O)c2ccccc21. The van der Waals surface area contributed by atoms with Gasteiger partial charge in [0.25, 0.3) is 5.56 Å². The highest BCUT2D eigenvalue weighted by atomic mass is 16.3. The minimum Gasteiger partial charge on any atom is -0.506 e. The molecule has 0 amide bonds. The first kappa shape index (κ1) is 13.9. The van der Waals surface area contributed by atoms with E-state index in [1.807, 2.05) is 6.07 Å². The topological polar surface area (TPSA) is 59.3 Å². The van der Waals surface area contributed by atoms with Crippen molar-refractivity contribution in [3.05, 3.63) is 40.2 Å². The van der Waals surface area contributed by atoms with E-state index in [1.54, 1.807) is 25.2 Å². The summed E-state index contributed by atoms with van der Waals surface area (Å²) in [4.78, 5) is 25.1. The second-order valence-corrected chi connectivity index (χ2v) is 5.80. The summed E-state index contributed by atoms with van der Waals surface area (Å²) in [6.45, 7) is 0. The Bertz CT molecular complexity index is 754. The number of carbonyl (C=O) groups is 1. The van der Waals surface area contributed by atoms with E-state index in [9.17, 15) is 14.7 Å². The van der Waals surface area contributed by atoms with Crippen LogP contribution in [-0.4, -0.2) is 15.5 Å². The number of fused-ring (bicyclic) bond motifs is 1. The molecule has 0 bridgehead atoms. The van der Waals surface area contributed by atoms with Crippen molar-refractivity contribution in [2.45, 2.75) is 32.1 Å². The maximum atomic E-state index is 12.7. The van der Waals surface area contributed by atoms with Crippen LogP contribution in [0.5, 0.6) is 5.75 Å². The van der Waals surface area contributed by atoms with Crippen molar-refractivity contribution in [3.63, 3.8) is 0 Å². The molecule has 0 saturated heterocycles. The summed E-state index contributed by atoms with van der Waals surface area (Å²) in [5.74, 6) is -0.485. The number of nitrogens with zero attached hydrogens (tertiary/aromatic N) is 1. The molecule has 0 aliphatic heterocycles. The molecule has 1 aromatic heterocycles. The minimum absolute atomic E-state index is 0.0388. The molecular formula is C17H19NO3. The Kier molecular flexibility index (Phi) is 3.53. The molecule has 1 aliphatic rings. The van der Waals surface area contributed by atoms with Gasteiger partial charge in [-0.3, -0.25) is 9.59 Å². The van der Waals surface area contributed by atoms with Gasteiger partial charge in [-0.25, -0.2) is 0 Å². The molecule has 0 unspecified atom stereocenters. The zero-order valence-corrected chi connectivity index (χ0v) is 12.1. The van der Waals surface area contributed by atoms with Crippen LogP contribution in [0.1, 0.15) is 42.5 Å². The number of para-hydroxylation sites is 1. The molecule has 1 aromatic carbocycles. The van der Waals surface area contributed by atoms with Gasteiger partial charge in [0.15, 0.2) is 5.78 Å². The predicted molar refractivity (Wildman–Crippen MR) is 81.8 cm³/mol. The molecule has 1 saturated carbocycles. The number of aromatic hydroxyl groups is 1. The van der Waals surface area contributed by atoms with Crippen molar-refractivity contribution < 1.29 is 9.90 Å². The van der Waals surface area contributed by atoms with E-state index in [0.717, 1.165) is 32.1 Å². The standard InChI is InChI=1S/C17H19NO3/c1-18-13-10-6-5-9-12(13)16(20)14(17(18)21)15(19)11-7-3-2-4-8-11/h5-6,9-11,20H,2-4,7-8H2,1H3. The molecule has 3 rings (SSSR count). The fourth-order valence-electron chi connectivity index (χ4n) is 3.27. The molecule has 4 heteroatoms. The minimum atomic E-state index is -0.401. The normalized spacial score (nSPS) is 16.2.